The van der Waals surface area contributed by atoms with Crippen molar-refractivity contribution in [3.8, 4) is 0 Å². The zero-order chi connectivity index (χ0) is 22.6. The number of nitrogens with zero attached hydrogens (tertiary/aromatic N) is 3. The highest BCUT2D eigenvalue weighted by Gasteiger charge is 2.23. The predicted molar refractivity (Wildman–Crippen MR) is 135 cm³/mol. The molecule has 0 saturated heterocycles. The molecule has 32 heavy (non-hydrogen) atoms. The maximum absolute atomic E-state index is 13.1. The molecule has 0 saturated carbocycles. The van der Waals surface area contributed by atoms with Gasteiger partial charge < -0.3 is 4.90 Å². The fraction of sp³-hybridized carbons (Fsp3) is 0.364. The first-order chi connectivity index (χ1) is 14.7. The molecule has 0 radical (unpaired) electrons. The highest BCUT2D eigenvalue weighted by Crippen LogP contribution is 2.31. The van der Waals surface area contributed by atoms with Crippen LogP contribution >= 0.6 is 35.3 Å². The second-order valence-corrected chi connectivity index (χ2v) is 11.0. The molecule has 3 rings (SSSR count). The van der Waals surface area contributed by atoms with Crippen LogP contribution in [-0.2, 0) is 21.1 Å². The maximum atomic E-state index is 13.1. The number of aromatic nitrogens is 1. The average Bonchev–Trinajstić information content (AvgIpc) is 3.16. The monoisotopic (exact) mass is 515 g/mol. The van der Waals surface area contributed by atoms with Crippen LogP contribution in [-0.4, -0.2) is 57.1 Å². The van der Waals surface area contributed by atoms with Crippen LogP contribution in [0.3, 0.4) is 0 Å². The molecular formula is C22H27Cl2N3O3S2. The van der Waals surface area contributed by atoms with E-state index in [4.69, 9.17) is 16.6 Å². The largest absolute Gasteiger partial charge is 0.308 e. The van der Waals surface area contributed by atoms with E-state index in [1.54, 1.807) is 4.90 Å². The zero-order valence-electron chi connectivity index (χ0n) is 18.2. The van der Waals surface area contributed by atoms with Crippen LogP contribution < -0.4 is 4.90 Å². The number of carbonyl (C=O) groups excluding carboxylic acids is 1. The Balaban J connectivity index is 0.00000363. The molecule has 0 bridgehead atoms. The molecule has 0 spiro atoms. The third-order valence-electron chi connectivity index (χ3n) is 4.93. The van der Waals surface area contributed by atoms with E-state index in [0.29, 0.717) is 23.2 Å². The van der Waals surface area contributed by atoms with Crippen LogP contribution in [0.15, 0.2) is 47.4 Å². The zero-order valence-corrected chi connectivity index (χ0v) is 21.5. The summed E-state index contributed by atoms with van der Waals surface area (Å²) >= 11 is 7.31. The Morgan fingerprint density at radius 3 is 2.41 bits per heavy atom. The van der Waals surface area contributed by atoms with E-state index in [1.807, 2.05) is 37.2 Å². The second kappa shape index (κ2) is 11.4. The van der Waals surface area contributed by atoms with Gasteiger partial charge in [-0.05, 0) is 56.4 Å². The van der Waals surface area contributed by atoms with Crippen LogP contribution in [0.25, 0.3) is 10.2 Å². The molecule has 3 aromatic rings. The lowest BCUT2D eigenvalue weighted by atomic mass is 10.1. The molecule has 0 unspecified atom stereocenters. The van der Waals surface area contributed by atoms with Crippen LogP contribution in [0.1, 0.15) is 18.9 Å². The van der Waals surface area contributed by atoms with Gasteiger partial charge in [0, 0.05) is 24.5 Å². The van der Waals surface area contributed by atoms with Gasteiger partial charge in [0.2, 0.25) is 5.91 Å². The van der Waals surface area contributed by atoms with Crippen LogP contribution in [0.2, 0.25) is 5.02 Å². The van der Waals surface area contributed by atoms with Gasteiger partial charge in [0.15, 0.2) is 15.0 Å². The van der Waals surface area contributed by atoms with Gasteiger partial charge >= 0.3 is 0 Å². The first-order valence-electron chi connectivity index (χ1n) is 10.0. The first kappa shape index (κ1) is 26.5. The number of aryl methyl sites for hydroxylation is 1. The molecule has 1 aromatic heterocycles. The Labute approximate surface area is 204 Å². The van der Waals surface area contributed by atoms with Crippen molar-refractivity contribution in [2.75, 3.05) is 37.8 Å². The van der Waals surface area contributed by atoms with Crippen molar-refractivity contribution in [2.45, 2.75) is 24.7 Å². The van der Waals surface area contributed by atoms with E-state index >= 15 is 0 Å². The van der Waals surface area contributed by atoms with E-state index in [2.05, 4.69) is 6.92 Å². The molecule has 6 nitrogen and oxygen atoms in total. The van der Waals surface area contributed by atoms with Crippen molar-refractivity contribution in [1.82, 2.24) is 9.88 Å². The molecule has 0 aliphatic heterocycles. The number of rotatable bonds is 9. The second-order valence-electron chi connectivity index (χ2n) is 7.49. The van der Waals surface area contributed by atoms with Crippen molar-refractivity contribution in [3.63, 3.8) is 0 Å². The molecule has 174 valence electrons. The summed E-state index contributed by atoms with van der Waals surface area (Å²) in [5, 5.41) is 1.07. The van der Waals surface area contributed by atoms with Gasteiger partial charge in [-0.3, -0.25) is 9.69 Å². The number of para-hydroxylation sites is 1. The minimum atomic E-state index is -3.59. The molecule has 0 N–H and O–H groups in total. The smallest absolute Gasteiger partial charge is 0.229 e. The third kappa shape index (κ3) is 6.42. The SMILES string of the molecule is CCc1cccc2sc(N(CCN(C)C)C(=O)CCS(=O)(=O)c3ccc(Cl)cc3)nc12.Cl. The number of sulfone groups is 1. The molecular weight excluding hydrogens is 489 g/mol. The quantitative estimate of drug-likeness (QED) is 0.413. The number of likely N-dealkylation sites (N-methyl/N-ethyl adjacent to an activating group) is 1. The molecule has 0 aliphatic carbocycles. The van der Waals surface area contributed by atoms with E-state index in [1.165, 1.54) is 35.6 Å². The average molecular weight is 517 g/mol. The standard InChI is InChI=1S/C22H26ClN3O3S2.ClH/c1-4-16-6-5-7-19-21(16)24-22(30-19)26(14-13-25(2)3)20(27)12-15-31(28,29)18-10-8-17(23)9-11-18;/h5-11H,4,12-15H2,1-3H3;1H. The van der Waals surface area contributed by atoms with Crippen LogP contribution in [0, 0.1) is 0 Å². The fourth-order valence-corrected chi connectivity index (χ4v) is 5.55. The summed E-state index contributed by atoms with van der Waals surface area (Å²) in [5.41, 5.74) is 2.03. The van der Waals surface area contributed by atoms with Crippen molar-refractivity contribution in [3.05, 3.63) is 53.1 Å². The van der Waals surface area contributed by atoms with E-state index in [-0.39, 0.29) is 35.4 Å². The summed E-state index contributed by atoms with van der Waals surface area (Å²) in [5.74, 6) is -0.520. The molecule has 0 atom stereocenters. The van der Waals surface area contributed by atoms with Crippen molar-refractivity contribution >= 4 is 66.4 Å². The molecule has 0 fully saturated rings. The van der Waals surface area contributed by atoms with Crippen molar-refractivity contribution < 1.29 is 13.2 Å². The van der Waals surface area contributed by atoms with Gasteiger partial charge in [-0.2, -0.15) is 0 Å². The van der Waals surface area contributed by atoms with Crippen LogP contribution in [0.5, 0.6) is 0 Å². The molecule has 1 amide bonds. The van der Waals surface area contributed by atoms with E-state index < -0.39 is 9.84 Å². The third-order valence-corrected chi connectivity index (χ3v) is 7.96. The van der Waals surface area contributed by atoms with Gasteiger partial charge in [0.1, 0.15) is 0 Å². The molecule has 1 heterocycles. The summed E-state index contributed by atoms with van der Waals surface area (Å²) in [6, 6.07) is 12.0. The lowest BCUT2D eigenvalue weighted by Gasteiger charge is -2.22. The molecule has 2 aromatic carbocycles. The Bertz CT molecular complexity index is 1160. The lowest BCUT2D eigenvalue weighted by Crippen LogP contribution is -2.37. The normalized spacial score (nSPS) is 11.5. The number of anilines is 1. The summed E-state index contributed by atoms with van der Waals surface area (Å²) < 4.78 is 26.3. The highest BCUT2D eigenvalue weighted by molar-refractivity contribution is 7.91. The highest BCUT2D eigenvalue weighted by atomic mass is 35.5. The first-order valence-corrected chi connectivity index (χ1v) is 12.9. The molecule has 0 aliphatic rings. The number of hydrogen-bond donors (Lipinski definition) is 0. The van der Waals surface area contributed by atoms with Gasteiger partial charge in [-0.1, -0.05) is 42.0 Å². The minimum Gasteiger partial charge on any atom is -0.308 e. The van der Waals surface area contributed by atoms with Gasteiger partial charge in [-0.25, -0.2) is 13.4 Å². The summed E-state index contributed by atoms with van der Waals surface area (Å²) in [6.07, 6.45) is 0.737. The van der Waals surface area contributed by atoms with Gasteiger partial charge in [0.05, 0.1) is 20.9 Å². The summed E-state index contributed by atoms with van der Waals surface area (Å²) in [6.45, 7) is 3.16. The topological polar surface area (TPSA) is 70.6 Å². The number of amides is 1. The summed E-state index contributed by atoms with van der Waals surface area (Å²) in [7, 11) is 0.276. The Kier molecular flexibility index (Phi) is 9.48. The predicted octanol–water partition coefficient (Wildman–Crippen LogP) is 4.69. The minimum absolute atomic E-state index is 0. The van der Waals surface area contributed by atoms with Crippen molar-refractivity contribution in [2.24, 2.45) is 0 Å². The maximum Gasteiger partial charge on any atom is 0.229 e. The number of halogens is 2. The number of hydrogen-bond acceptors (Lipinski definition) is 6. The van der Waals surface area contributed by atoms with Crippen LogP contribution in [0.4, 0.5) is 5.13 Å². The number of thiazole rings is 1. The summed E-state index contributed by atoms with van der Waals surface area (Å²) in [4.78, 5) is 21.6. The van der Waals surface area contributed by atoms with E-state index in [9.17, 15) is 13.2 Å². The Morgan fingerprint density at radius 2 is 1.78 bits per heavy atom. The lowest BCUT2D eigenvalue weighted by molar-refractivity contribution is -0.118. The number of carbonyl (C=O) groups is 1. The fourth-order valence-electron chi connectivity index (χ4n) is 3.14. The Hall–Kier alpha value is -1.71. The van der Waals surface area contributed by atoms with Gasteiger partial charge in [0.25, 0.3) is 0 Å². The Morgan fingerprint density at radius 1 is 1.09 bits per heavy atom. The molecule has 10 heteroatoms. The van der Waals surface area contributed by atoms with Gasteiger partial charge in [-0.15, -0.1) is 12.4 Å². The number of benzene rings is 2. The van der Waals surface area contributed by atoms with Crippen molar-refractivity contribution in [1.29, 1.82) is 0 Å². The number of fused-ring (bicyclic) bond motifs is 1. The van der Waals surface area contributed by atoms with E-state index in [0.717, 1.165) is 22.2 Å².